The highest BCUT2D eigenvalue weighted by Crippen LogP contribution is 2.25. The topological polar surface area (TPSA) is 55.2 Å². The average Bonchev–Trinajstić information content (AvgIpc) is 2.48. The molecule has 0 fully saturated rings. The number of hydrogen-bond acceptors (Lipinski definition) is 3. The molecule has 0 saturated carbocycles. The maximum Gasteiger partial charge on any atom is 0.269 e. The normalized spacial score (nSPS) is 12.1. The Morgan fingerprint density at radius 2 is 1.90 bits per heavy atom. The number of nitro benzene ring substituents is 1. The number of hydrogen-bond donors (Lipinski definition) is 1. The standard InChI is InChI=1S/C16H17BrN2O2/c1-11-3-6-13(17)10-15(11)16(18-2)9-12-4-7-14(8-5-12)19(20)21/h3-8,10,16,18H,9H2,1-2H3. The Balaban J connectivity index is 2.22. The van der Waals surface area contributed by atoms with Crippen LogP contribution in [-0.4, -0.2) is 12.0 Å². The van der Waals surface area contributed by atoms with Gasteiger partial charge in [0.2, 0.25) is 0 Å². The Kier molecular flexibility index (Phi) is 5.09. The van der Waals surface area contributed by atoms with Crippen molar-refractivity contribution in [1.29, 1.82) is 0 Å². The zero-order valence-corrected chi connectivity index (χ0v) is 13.6. The van der Waals surface area contributed by atoms with E-state index in [-0.39, 0.29) is 16.7 Å². The Labute approximate surface area is 132 Å². The predicted octanol–water partition coefficient (Wildman–Crippen LogP) is 4.17. The van der Waals surface area contributed by atoms with E-state index < -0.39 is 0 Å². The van der Waals surface area contributed by atoms with Gasteiger partial charge in [0.1, 0.15) is 0 Å². The van der Waals surface area contributed by atoms with E-state index >= 15 is 0 Å². The van der Waals surface area contributed by atoms with Gasteiger partial charge in [-0.15, -0.1) is 0 Å². The number of non-ortho nitro benzene ring substituents is 1. The summed E-state index contributed by atoms with van der Waals surface area (Å²) in [4.78, 5) is 10.3. The lowest BCUT2D eigenvalue weighted by molar-refractivity contribution is -0.384. The lowest BCUT2D eigenvalue weighted by Crippen LogP contribution is -2.19. The van der Waals surface area contributed by atoms with Crippen LogP contribution in [-0.2, 0) is 6.42 Å². The van der Waals surface area contributed by atoms with E-state index in [1.54, 1.807) is 12.1 Å². The second-order valence-electron chi connectivity index (χ2n) is 4.97. The van der Waals surface area contributed by atoms with Gasteiger partial charge >= 0.3 is 0 Å². The van der Waals surface area contributed by atoms with Crippen molar-refractivity contribution in [3.8, 4) is 0 Å². The Morgan fingerprint density at radius 3 is 2.48 bits per heavy atom. The SMILES string of the molecule is CNC(Cc1ccc([N+](=O)[O-])cc1)c1cc(Br)ccc1C. The van der Waals surface area contributed by atoms with Crippen molar-refractivity contribution in [2.24, 2.45) is 0 Å². The molecule has 0 aliphatic rings. The molecule has 1 N–H and O–H groups in total. The second-order valence-corrected chi connectivity index (χ2v) is 5.89. The van der Waals surface area contributed by atoms with Gasteiger partial charge in [0.05, 0.1) is 4.92 Å². The van der Waals surface area contributed by atoms with Crippen LogP contribution in [0.4, 0.5) is 5.69 Å². The number of nitrogens with one attached hydrogen (secondary N) is 1. The van der Waals surface area contributed by atoms with Crippen LogP contribution >= 0.6 is 15.9 Å². The fraction of sp³-hybridized carbons (Fsp3) is 0.250. The van der Waals surface area contributed by atoms with Crippen molar-refractivity contribution < 1.29 is 4.92 Å². The summed E-state index contributed by atoms with van der Waals surface area (Å²) in [6.07, 6.45) is 0.784. The fourth-order valence-corrected chi connectivity index (χ4v) is 2.72. The third-order valence-electron chi connectivity index (χ3n) is 3.55. The van der Waals surface area contributed by atoms with Crippen LogP contribution in [0.15, 0.2) is 46.9 Å². The number of halogens is 1. The first-order valence-corrected chi connectivity index (χ1v) is 7.47. The van der Waals surface area contributed by atoms with E-state index in [1.807, 2.05) is 25.2 Å². The molecule has 0 aromatic heterocycles. The van der Waals surface area contributed by atoms with Gasteiger partial charge in [-0.3, -0.25) is 10.1 Å². The van der Waals surface area contributed by atoms with Crippen LogP contribution in [0.25, 0.3) is 0 Å². The van der Waals surface area contributed by atoms with Crippen molar-refractivity contribution in [1.82, 2.24) is 5.32 Å². The number of likely N-dealkylation sites (N-methyl/N-ethyl adjacent to an activating group) is 1. The number of nitro groups is 1. The number of benzene rings is 2. The molecular weight excluding hydrogens is 332 g/mol. The molecule has 0 bridgehead atoms. The molecule has 0 radical (unpaired) electrons. The molecule has 2 aromatic carbocycles. The molecule has 21 heavy (non-hydrogen) atoms. The number of nitrogens with zero attached hydrogens (tertiary/aromatic N) is 1. The van der Waals surface area contributed by atoms with Crippen LogP contribution in [0, 0.1) is 17.0 Å². The van der Waals surface area contributed by atoms with E-state index in [4.69, 9.17) is 0 Å². The summed E-state index contributed by atoms with van der Waals surface area (Å²) < 4.78 is 1.05. The Bertz CT molecular complexity index is 641. The number of aryl methyl sites for hydroxylation is 1. The minimum absolute atomic E-state index is 0.124. The summed E-state index contributed by atoms with van der Waals surface area (Å²) in [5, 5.41) is 14.0. The molecule has 5 heteroatoms. The Hall–Kier alpha value is -1.72. The van der Waals surface area contributed by atoms with Crippen molar-refractivity contribution >= 4 is 21.6 Å². The van der Waals surface area contributed by atoms with Gasteiger partial charge < -0.3 is 5.32 Å². The van der Waals surface area contributed by atoms with Gasteiger partial charge in [-0.2, -0.15) is 0 Å². The highest BCUT2D eigenvalue weighted by Gasteiger charge is 2.14. The van der Waals surface area contributed by atoms with Crippen LogP contribution in [0.5, 0.6) is 0 Å². The highest BCUT2D eigenvalue weighted by molar-refractivity contribution is 9.10. The lowest BCUT2D eigenvalue weighted by atomic mass is 9.95. The Morgan fingerprint density at radius 1 is 1.24 bits per heavy atom. The minimum Gasteiger partial charge on any atom is -0.313 e. The molecule has 2 aromatic rings. The van der Waals surface area contributed by atoms with Crippen molar-refractivity contribution in [3.63, 3.8) is 0 Å². The largest absolute Gasteiger partial charge is 0.313 e. The maximum absolute atomic E-state index is 10.7. The van der Waals surface area contributed by atoms with Crippen LogP contribution in [0.3, 0.4) is 0 Å². The third kappa shape index (κ3) is 3.89. The first kappa shape index (κ1) is 15.7. The monoisotopic (exact) mass is 348 g/mol. The molecule has 0 saturated heterocycles. The molecule has 1 atom stereocenters. The van der Waals surface area contributed by atoms with Crippen LogP contribution in [0.1, 0.15) is 22.7 Å². The summed E-state index contributed by atoms with van der Waals surface area (Å²) in [7, 11) is 1.93. The van der Waals surface area contributed by atoms with Gasteiger partial charge in [0.15, 0.2) is 0 Å². The van der Waals surface area contributed by atoms with Crippen molar-refractivity contribution in [3.05, 3.63) is 73.7 Å². The van der Waals surface area contributed by atoms with Gasteiger partial charge in [0, 0.05) is 22.6 Å². The van der Waals surface area contributed by atoms with E-state index in [2.05, 4.69) is 40.3 Å². The molecule has 4 nitrogen and oxygen atoms in total. The van der Waals surface area contributed by atoms with Gasteiger partial charge in [-0.1, -0.05) is 34.1 Å². The zero-order valence-electron chi connectivity index (χ0n) is 12.0. The summed E-state index contributed by atoms with van der Waals surface area (Å²) in [6, 6.07) is 13.1. The fourth-order valence-electron chi connectivity index (χ4n) is 2.34. The summed E-state index contributed by atoms with van der Waals surface area (Å²) in [5.41, 5.74) is 3.64. The van der Waals surface area contributed by atoms with E-state index in [9.17, 15) is 10.1 Å². The van der Waals surface area contributed by atoms with Crippen LogP contribution in [0.2, 0.25) is 0 Å². The molecule has 110 valence electrons. The van der Waals surface area contributed by atoms with Crippen molar-refractivity contribution in [2.75, 3.05) is 7.05 Å². The smallest absolute Gasteiger partial charge is 0.269 e. The zero-order chi connectivity index (χ0) is 15.4. The van der Waals surface area contributed by atoms with Gasteiger partial charge in [-0.25, -0.2) is 0 Å². The van der Waals surface area contributed by atoms with E-state index in [0.29, 0.717) is 0 Å². The maximum atomic E-state index is 10.7. The van der Waals surface area contributed by atoms with Crippen LogP contribution < -0.4 is 5.32 Å². The molecule has 2 rings (SSSR count). The molecular formula is C16H17BrN2O2. The molecule has 0 aliphatic heterocycles. The van der Waals surface area contributed by atoms with E-state index in [1.165, 1.54) is 11.1 Å². The first-order valence-electron chi connectivity index (χ1n) is 6.68. The second kappa shape index (κ2) is 6.83. The van der Waals surface area contributed by atoms with Gasteiger partial charge in [-0.05, 0) is 49.2 Å². The first-order chi connectivity index (χ1) is 10.0. The average molecular weight is 349 g/mol. The third-order valence-corrected chi connectivity index (χ3v) is 4.05. The van der Waals surface area contributed by atoms with Gasteiger partial charge in [0.25, 0.3) is 5.69 Å². The van der Waals surface area contributed by atoms with Crippen molar-refractivity contribution in [2.45, 2.75) is 19.4 Å². The summed E-state index contributed by atoms with van der Waals surface area (Å²) >= 11 is 3.50. The van der Waals surface area contributed by atoms with E-state index in [0.717, 1.165) is 16.5 Å². The minimum atomic E-state index is -0.377. The summed E-state index contributed by atoms with van der Waals surface area (Å²) in [5.74, 6) is 0. The molecule has 0 amide bonds. The quantitative estimate of drug-likeness (QED) is 0.651. The molecule has 1 unspecified atom stereocenters. The number of rotatable bonds is 5. The molecule has 0 aliphatic carbocycles. The summed E-state index contributed by atoms with van der Waals surface area (Å²) in [6.45, 7) is 2.09. The molecule has 0 heterocycles. The predicted molar refractivity (Wildman–Crippen MR) is 87.5 cm³/mol. The lowest BCUT2D eigenvalue weighted by Gasteiger charge is -2.19. The highest BCUT2D eigenvalue weighted by atomic mass is 79.9. The molecule has 0 spiro atoms.